The monoisotopic (exact) mass is 275 g/mol. The maximum atomic E-state index is 12.0. The zero-order chi connectivity index (χ0) is 14.7. The van der Waals surface area contributed by atoms with Crippen molar-refractivity contribution in [2.24, 2.45) is 0 Å². The van der Waals surface area contributed by atoms with Gasteiger partial charge in [0.2, 0.25) is 0 Å². The number of fused-ring (bicyclic) bond motifs is 1. The highest BCUT2D eigenvalue weighted by Crippen LogP contribution is 2.32. The van der Waals surface area contributed by atoms with E-state index in [4.69, 9.17) is 4.74 Å². The summed E-state index contributed by atoms with van der Waals surface area (Å²) in [5.74, 6) is -0.330. The Morgan fingerprint density at radius 2 is 2.05 bits per heavy atom. The van der Waals surface area contributed by atoms with Crippen LogP contribution < -0.4 is 9.64 Å². The molecule has 0 radical (unpaired) electrons. The number of anilines is 1. The van der Waals surface area contributed by atoms with Gasteiger partial charge in [0, 0.05) is 19.4 Å². The molecule has 106 valence electrons. The van der Waals surface area contributed by atoms with Gasteiger partial charge in [-0.1, -0.05) is 6.92 Å². The highest BCUT2D eigenvalue weighted by Gasteiger charge is 2.35. The van der Waals surface area contributed by atoms with Gasteiger partial charge in [0.1, 0.15) is 11.5 Å². The molecule has 1 aromatic rings. The zero-order valence-electron chi connectivity index (χ0n) is 11.6. The third-order valence-electron chi connectivity index (χ3n) is 3.41. The molecule has 5 nitrogen and oxygen atoms in total. The predicted molar refractivity (Wildman–Crippen MR) is 74.2 cm³/mol. The summed E-state index contributed by atoms with van der Waals surface area (Å²) >= 11 is 0. The number of rotatable bonds is 6. The van der Waals surface area contributed by atoms with Crippen molar-refractivity contribution >= 4 is 23.2 Å². The van der Waals surface area contributed by atoms with Crippen LogP contribution in [0.25, 0.3) is 0 Å². The van der Waals surface area contributed by atoms with E-state index in [0.717, 1.165) is 0 Å². The van der Waals surface area contributed by atoms with Gasteiger partial charge in [0.05, 0.1) is 18.4 Å². The fourth-order valence-corrected chi connectivity index (χ4v) is 2.24. The largest absolute Gasteiger partial charge is 0.497 e. The lowest BCUT2D eigenvalue weighted by Crippen LogP contribution is -2.30. The Balaban J connectivity index is 2.14. The minimum Gasteiger partial charge on any atom is -0.497 e. The lowest BCUT2D eigenvalue weighted by molar-refractivity contribution is -0.119. The van der Waals surface area contributed by atoms with Gasteiger partial charge in [-0.25, -0.2) is 0 Å². The second-order valence-electron chi connectivity index (χ2n) is 4.66. The summed E-state index contributed by atoms with van der Waals surface area (Å²) in [6.45, 7) is 2.20. The van der Waals surface area contributed by atoms with Gasteiger partial charge in [0.25, 0.3) is 11.7 Å². The molecule has 0 saturated heterocycles. The number of hydrogen-bond donors (Lipinski definition) is 0. The molecule has 1 aromatic carbocycles. The van der Waals surface area contributed by atoms with Crippen molar-refractivity contribution in [3.05, 3.63) is 23.8 Å². The van der Waals surface area contributed by atoms with Gasteiger partial charge in [-0.2, -0.15) is 0 Å². The van der Waals surface area contributed by atoms with E-state index in [1.165, 1.54) is 12.0 Å². The Hall–Kier alpha value is -2.17. The summed E-state index contributed by atoms with van der Waals surface area (Å²) in [4.78, 5) is 36.6. The molecule has 1 amide bonds. The number of carbonyl (C=O) groups is 3. The molecule has 0 aromatic heterocycles. The van der Waals surface area contributed by atoms with Crippen LogP contribution in [0, 0.1) is 0 Å². The molecule has 1 aliphatic rings. The van der Waals surface area contributed by atoms with E-state index in [1.54, 1.807) is 18.2 Å². The summed E-state index contributed by atoms with van der Waals surface area (Å²) < 4.78 is 5.06. The first kappa shape index (κ1) is 14.2. The summed E-state index contributed by atoms with van der Waals surface area (Å²) in [6, 6.07) is 5.00. The normalized spacial score (nSPS) is 13.6. The zero-order valence-corrected chi connectivity index (χ0v) is 11.6. The van der Waals surface area contributed by atoms with Crippen LogP contribution in [0.1, 0.15) is 36.5 Å². The van der Waals surface area contributed by atoms with Gasteiger partial charge in [-0.3, -0.25) is 14.4 Å². The van der Waals surface area contributed by atoms with Crippen LogP contribution in [0.15, 0.2) is 18.2 Å². The molecular weight excluding hydrogens is 258 g/mol. The molecular formula is C15H17NO4. The molecule has 0 N–H and O–H groups in total. The lowest BCUT2D eigenvalue weighted by Gasteiger charge is -2.16. The number of Topliss-reactive ketones (excluding diaryl/α,β-unsaturated/α-hetero) is 2. The molecule has 0 spiro atoms. The molecule has 0 atom stereocenters. The highest BCUT2D eigenvalue weighted by molar-refractivity contribution is 6.52. The number of hydrogen-bond acceptors (Lipinski definition) is 4. The maximum absolute atomic E-state index is 12.0. The predicted octanol–water partition coefficient (Wildman–Crippen LogP) is 1.98. The Morgan fingerprint density at radius 1 is 1.30 bits per heavy atom. The Labute approximate surface area is 117 Å². The van der Waals surface area contributed by atoms with E-state index in [0.29, 0.717) is 42.8 Å². The van der Waals surface area contributed by atoms with Crippen molar-refractivity contribution in [3.63, 3.8) is 0 Å². The van der Waals surface area contributed by atoms with Crippen LogP contribution in [0.5, 0.6) is 5.75 Å². The number of nitrogens with zero attached hydrogens (tertiary/aromatic N) is 1. The van der Waals surface area contributed by atoms with Gasteiger partial charge in [0.15, 0.2) is 0 Å². The molecule has 1 heterocycles. The highest BCUT2D eigenvalue weighted by atomic mass is 16.5. The standard InChI is InChI=1S/C15H17NO4/c1-3-10(17)5-4-8-16-13-7-6-11(20-2)9-12(13)14(18)15(16)19/h6-7,9H,3-5,8H2,1-2H3. The Morgan fingerprint density at radius 3 is 2.70 bits per heavy atom. The fraction of sp³-hybridized carbons (Fsp3) is 0.400. The van der Waals surface area contributed by atoms with E-state index in [9.17, 15) is 14.4 Å². The summed E-state index contributed by atoms with van der Waals surface area (Å²) in [6.07, 6.45) is 1.50. The molecule has 1 aliphatic heterocycles. The van der Waals surface area contributed by atoms with Gasteiger partial charge < -0.3 is 9.64 Å². The average molecular weight is 275 g/mol. The fourth-order valence-electron chi connectivity index (χ4n) is 2.24. The van der Waals surface area contributed by atoms with Crippen LogP contribution in [-0.2, 0) is 9.59 Å². The first-order valence-corrected chi connectivity index (χ1v) is 6.64. The third kappa shape index (κ3) is 2.57. The SMILES string of the molecule is CCC(=O)CCCN1C(=O)C(=O)c2cc(OC)ccc21. The molecule has 5 heteroatoms. The Kier molecular flexibility index (Phi) is 4.17. The second-order valence-corrected chi connectivity index (χ2v) is 4.66. The summed E-state index contributed by atoms with van der Waals surface area (Å²) in [7, 11) is 1.51. The number of benzene rings is 1. The van der Waals surface area contributed by atoms with Crippen molar-refractivity contribution in [2.45, 2.75) is 26.2 Å². The van der Waals surface area contributed by atoms with Gasteiger partial charge in [-0.15, -0.1) is 0 Å². The van der Waals surface area contributed by atoms with Crippen molar-refractivity contribution < 1.29 is 19.1 Å². The first-order chi connectivity index (χ1) is 9.58. The van der Waals surface area contributed by atoms with Crippen molar-refractivity contribution in [1.82, 2.24) is 0 Å². The van der Waals surface area contributed by atoms with Crippen molar-refractivity contribution in [2.75, 3.05) is 18.6 Å². The molecule has 0 saturated carbocycles. The molecule has 0 unspecified atom stereocenters. The van der Waals surface area contributed by atoms with E-state index in [-0.39, 0.29) is 5.78 Å². The van der Waals surface area contributed by atoms with E-state index in [2.05, 4.69) is 0 Å². The topological polar surface area (TPSA) is 63.7 Å². The number of ether oxygens (including phenoxy) is 1. The van der Waals surface area contributed by atoms with Crippen molar-refractivity contribution in [3.8, 4) is 5.75 Å². The maximum Gasteiger partial charge on any atom is 0.299 e. The van der Waals surface area contributed by atoms with E-state index >= 15 is 0 Å². The van der Waals surface area contributed by atoms with Crippen LogP contribution in [0.2, 0.25) is 0 Å². The summed E-state index contributed by atoms with van der Waals surface area (Å²) in [5, 5.41) is 0. The number of carbonyl (C=O) groups excluding carboxylic acids is 3. The number of ketones is 2. The van der Waals surface area contributed by atoms with Crippen LogP contribution in [0.4, 0.5) is 5.69 Å². The van der Waals surface area contributed by atoms with Crippen molar-refractivity contribution in [1.29, 1.82) is 0 Å². The first-order valence-electron chi connectivity index (χ1n) is 6.64. The molecule has 2 rings (SSSR count). The minimum absolute atomic E-state index is 0.165. The van der Waals surface area contributed by atoms with E-state index < -0.39 is 11.7 Å². The second kappa shape index (κ2) is 5.86. The van der Waals surface area contributed by atoms with Gasteiger partial charge in [-0.05, 0) is 24.6 Å². The lowest BCUT2D eigenvalue weighted by atomic mass is 10.1. The quantitative estimate of drug-likeness (QED) is 0.745. The van der Waals surface area contributed by atoms with Crippen LogP contribution >= 0.6 is 0 Å². The molecule has 0 bridgehead atoms. The van der Waals surface area contributed by atoms with E-state index in [1.807, 2.05) is 6.92 Å². The third-order valence-corrected chi connectivity index (χ3v) is 3.41. The Bertz CT molecular complexity index is 565. The van der Waals surface area contributed by atoms with Crippen LogP contribution in [-0.4, -0.2) is 31.1 Å². The molecule has 20 heavy (non-hydrogen) atoms. The smallest absolute Gasteiger partial charge is 0.299 e. The number of methoxy groups -OCH3 is 1. The number of amides is 1. The summed E-state index contributed by atoms with van der Waals surface area (Å²) in [5.41, 5.74) is 0.973. The minimum atomic E-state index is -0.530. The van der Waals surface area contributed by atoms with Gasteiger partial charge >= 0.3 is 0 Å². The average Bonchev–Trinajstić information content (AvgIpc) is 2.71. The molecule has 0 fully saturated rings. The molecule has 0 aliphatic carbocycles. The van der Waals surface area contributed by atoms with Crippen LogP contribution in [0.3, 0.4) is 0 Å².